The van der Waals surface area contributed by atoms with Crippen molar-refractivity contribution in [2.75, 3.05) is 0 Å². The van der Waals surface area contributed by atoms with E-state index in [1.165, 1.54) is 51.4 Å². The molecule has 120 valence electrons. The molecule has 0 amide bonds. The first kappa shape index (κ1) is 19.7. The predicted molar refractivity (Wildman–Crippen MR) is 84.8 cm³/mol. The lowest BCUT2D eigenvalue weighted by Crippen LogP contribution is -2.02. The molecule has 0 aromatic carbocycles. The quantitative estimate of drug-likeness (QED) is 0.263. The van der Waals surface area contributed by atoms with Crippen LogP contribution >= 0.6 is 0 Å². The Kier molecular flexibility index (Phi) is 12.9. The van der Waals surface area contributed by atoms with E-state index < -0.39 is 7.25 Å². The van der Waals surface area contributed by atoms with Crippen molar-refractivity contribution in [2.45, 2.75) is 51.4 Å². The lowest BCUT2D eigenvalue weighted by molar-refractivity contribution is 0.368. The van der Waals surface area contributed by atoms with Crippen LogP contribution in [0, 0.1) is 0 Å². The Morgan fingerprint density at radius 3 is 0.619 bits per heavy atom. The van der Waals surface area contributed by atoms with Gasteiger partial charge in [0.15, 0.2) is 0 Å². The summed E-state index contributed by atoms with van der Waals surface area (Å²) in [5.41, 5.74) is 0. The second kappa shape index (κ2) is 13.7. The van der Waals surface area contributed by atoms with Gasteiger partial charge in [0.2, 0.25) is 0 Å². The smallest absolute Gasteiger partial charge is 0.418 e. The topological polar surface area (TPSA) is 0 Å². The van der Waals surface area contributed by atoms with Crippen molar-refractivity contribution >= 4 is 7.25 Å². The summed E-state index contributed by atoms with van der Waals surface area (Å²) in [6.45, 7) is 0. The second-order valence-corrected chi connectivity index (χ2v) is 4.69. The van der Waals surface area contributed by atoms with Crippen molar-refractivity contribution in [3.05, 3.63) is 48.6 Å². The molecule has 2 aliphatic rings. The first-order valence-electron chi connectivity index (χ1n) is 7.47. The average Bonchev–Trinajstić information content (AvgIpc) is 2.24. The van der Waals surface area contributed by atoms with Crippen LogP contribution in [0.5, 0.6) is 0 Å². The van der Waals surface area contributed by atoms with Gasteiger partial charge in [0.1, 0.15) is 0 Å². The van der Waals surface area contributed by atoms with Gasteiger partial charge in [-0.25, -0.2) is 0 Å². The Hall–Kier alpha value is -1.26. The third kappa shape index (κ3) is 24.2. The number of hydrogen-bond donors (Lipinski definition) is 0. The van der Waals surface area contributed by atoms with Crippen LogP contribution in [0.25, 0.3) is 0 Å². The average molecular weight is 304 g/mol. The monoisotopic (exact) mass is 304 g/mol. The maximum atomic E-state index is 9.75. The fraction of sp³-hybridized carbons (Fsp3) is 0.500. The van der Waals surface area contributed by atoms with E-state index in [0.29, 0.717) is 0 Å². The molecule has 0 heterocycles. The molecular weight excluding hydrogens is 279 g/mol. The molecule has 0 atom stereocenters. The van der Waals surface area contributed by atoms with Crippen LogP contribution in [0.2, 0.25) is 0 Å². The highest BCUT2D eigenvalue weighted by molar-refractivity contribution is 6.50. The molecule has 0 aromatic heterocycles. The van der Waals surface area contributed by atoms with Crippen molar-refractivity contribution in [2.24, 2.45) is 0 Å². The van der Waals surface area contributed by atoms with Gasteiger partial charge in [-0.1, -0.05) is 48.6 Å². The molecule has 0 spiro atoms. The molecule has 0 radical (unpaired) electrons. The number of rotatable bonds is 0. The van der Waals surface area contributed by atoms with E-state index in [1.807, 2.05) is 0 Å². The van der Waals surface area contributed by atoms with Gasteiger partial charge in [-0.2, -0.15) is 0 Å². The summed E-state index contributed by atoms with van der Waals surface area (Å²) in [7, 11) is -6.00. The zero-order chi connectivity index (χ0) is 15.8. The van der Waals surface area contributed by atoms with Gasteiger partial charge < -0.3 is 17.3 Å². The van der Waals surface area contributed by atoms with E-state index in [4.69, 9.17) is 0 Å². The molecule has 0 fully saturated rings. The van der Waals surface area contributed by atoms with Gasteiger partial charge in [0, 0.05) is 0 Å². The third-order valence-electron chi connectivity index (χ3n) is 2.67. The molecule has 0 bridgehead atoms. The van der Waals surface area contributed by atoms with E-state index in [-0.39, 0.29) is 1.43 Å². The second-order valence-electron chi connectivity index (χ2n) is 4.69. The normalized spacial score (nSPS) is 18.1. The Bertz CT molecular complexity index is 261. The van der Waals surface area contributed by atoms with Crippen LogP contribution < -0.4 is 0 Å². The van der Waals surface area contributed by atoms with E-state index >= 15 is 0 Å². The van der Waals surface area contributed by atoms with Crippen molar-refractivity contribution in [1.82, 2.24) is 0 Å². The van der Waals surface area contributed by atoms with Crippen LogP contribution in [0.1, 0.15) is 52.8 Å². The van der Waals surface area contributed by atoms with E-state index in [1.54, 1.807) is 0 Å². The Balaban J connectivity index is 0. The van der Waals surface area contributed by atoms with E-state index in [0.717, 1.165) is 0 Å². The maximum Gasteiger partial charge on any atom is 1.00 e. The summed E-state index contributed by atoms with van der Waals surface area (Å²) in [5.74, 6) is 0. The van der Waals surface area contributed by atoms with Crippen LogP contribution in [0.15, 0.2) is 48.6 Å². The summed E-state index contributed by atoms with van der Waals surface area (Å²) in [4.78, 5) is 0. The summed E-state index contributed by atoms with van der Waals surface area (Å²) < 4.78 is 39.0. The fourth-order valence-electron chi connectivity index (χ4n) is 1.71. The summed E-state index contributed by atoms with van der Waals surface area (Å²) in [6, 6.07) is 0. The Morgan fingerprint density at radius 2 is 0.524 bits per heavy atom. The Morgan fingerprint density at radius 1 is 0.429 bits per heavy atom. The highest BCUT2D eigenvalue weighted by Gasteiger charge is 2.20. The van der Waals surface area contributed by atoms with E-state index in [2.05, 4.69) is 48.6 Å². The van der Waals surface area contributed by atoms with Crippen LogP contribution in [-0.2, 0) is 0 Å². The highest BCUT2D eigenvalue weighted by atomic mass is 19.5. The number of halogens is 4. The molecule has 0 N–H and O–H groups in total. The first-order chi connectivity index (χ1) is 10.0. The number of hydrogen-bond acceptors (Lipinski definition) is 0. The van der Waals surface area contributed by atoms with Gasteiger partial charge in [-0.05, 0) is 51.4 Å². The van der Waals surface area contributed by atoms with Gasteiger partial charge in [0.05, 0.1) is 0 Å². The third-order valence-corrected chi connectivity index (χ3v) is 2.67. The SMILES string of the molecule is C1=CCCC=CCC1.C1=CCCC=CCC1.F[B-](F)(F)F.[H+]. The lowest BCUT2D eigenvalue weighted by atomic mass is 10.1. The van der Waals surface area contributed by atoms with Crippen LogP contribution in [0.3, 0.4) is 0 Å². The highest BCUT2D eigenvalue weighted by Crippen LogP contribution is 2.06. The minimum atomic E-state index is -6.00. The largest absolute Gasteiger partial charge is 1.00 e. The Labute approximate surface area is 126 Å². The summed E-state index contributed by atoms with van der Waals surface area (Å²) in [6.07, 6.45) is 28.0. The van der Waals surface area contributed by atoms with Gasteiger partial charge in [0.25, 0.3) is 0 Å². The van der Waals surface area contributed by atoms with Gasteiger partial charge >= 0.3 is 8.68 Å². The molecule has 0 saturated carbocycles. The molecule has 21 heavy (non-hydrogen) atoms. The molecular formula is C16H25BF4. The molecule has 0 saturated heterocycles. The lowest BCUT2D eigenvalue weighted by Gasteiger charge is -1.94. The molecule has 0 aromatic rings. The van der Waals surface area contributed by atoms with Gasteiger partial charge in [-0.3, -0.25) is 0 Å². The van der Waals surface area contributed by atoms with Crippen molar-refractivity contribution < 1.29 is 18.7 Å². The summed E-state index contributed by atoms with van der Waals surface area (Å²) >= 11 is 0. The molecule has 0 nitrogen and oxygen atoms in total. The minimum absolute atomic E-state index is 0. The van der Waals surface area contributed by atoms with Crippen LogP contribution in [-0.4, -0.2) is 7.25 Å². The van der Waals surface area contributed by atoms with Crippen molar-refractivity contribution in [3.63, 3.8) is 0 Å². The zero-order valence-electron chi connectivity index (χ0n) is 13.4. The first-order valence-corrected chi connectivity index (χ1v) is 7.47. The fourth-order valence-corrected chi connectivity index (χ4v) is 1.71. The predicted octanol–water partition coefficient (Wildman–Crippen LogP) is 6.76. The molecule has 5 heteroatoms. The molecule has 0 aliphatic heterocycles. The maximum absolute atomic E-state index is 9.75. The number of allylic oxidation sites excluding steroid dienone is 8. The zero-order valence-corrected chi connectivity index (χ0v) is 12.4. The molecule has 2 aliphatic carbocycles. The summed E-state index contributed by atoms with van der Waals surface area (Å²) in [5, 5.41) is 0. The standard InChI is InChI=1S/2C8H12.BF4/c2*1-2-4-6-8-7-5-3-1;2-1(3,4)5/h2*1-2,7-8H,3-6H2;/q;;-1/p+1. The van der Waals surface area contributed by atoms with E-state index in [9.17, 15) is 17.3 Å². The van der Waals surface area contributed by atoms with Crippen molar-refractivity contribution in [3.8, 4) is 0 Å². The van der Waals surface area contributed by atoms with Gasteiger partial charge in [-0.15, -0.1) is 0 Å². The molecule has 0 unspecified atom stereocenters. The molecule has 2 rings (SSSR count). The van der Waals surface area contributed by atoms with Crippen molar-refractivity contribution in [1.29, 1.82) is 0 Å². The van der Waals surface area contributed by atoms with Crippen LogP contribution in [0.4, 0.5) is 17.3 Å². The minimum Gasteiger partial charge on any atom is -0.418 e.